The summed E-state index contributed by atoms with van der Waals surface area (Å²) >= 11 is 0. The van der Waals surface area contributed by atoms with Crippen molar-refractivity contribution in [2.75, 3.05) is 18.5 Å². The smallest absolute Gasteiger partial charge is 0.269 e. The molecule has 0 spiro atoms. The molecule has 2 rings (SSSR count). The molecule has 0 aromatic carbocycles. The molecule has 3 N–H and O–H groups in total. The zero-order chi connectivity index (χ0) is 13.0. The molecule has 0 bridgehead atoms. The van der Waals surface area contributed by atoms with Gasteiger partial charge in [-0.3, -0.25) is 9.89 Å². The van der Waals surface area contributed by atoms with E-state index in [0.29, 0.717) is 18.1 Å². The molecule has 1 fully saturated rings. The van der Waals surface area contributed by atoms with Crippen molar-refractivity contribution in [2.24, 2.45) is 0 Å². The van der Waals surface area contributed by atoms with E-state index >= 15 is 0 Å². The predicted octanol–water partition coefficient (Wildman–Crippen LogP) is 1.14. The Morgan fingerprint density at radius 1 is 1.67 bits per heavy atom. The van der Waals surface area contributed by atoms with E-state index in [4.69, 9.17) is 4.74 Å². The molecule has 1 atom stereocenters. The Kier molecular flexibility index (Phi) is 4.19. The molecule has 1 saturated heterocycles. The number of aromatic nitrogens is 2. The number of nitrogens with zero attached hydrogens (tertiary/aromatic N) is 1. The largest absolute Gasteiger partial charge is 0.376 e. The zero-order valence-corrected chi connectivity index (χ0v) is 10.8. The van der Waals surface area contributed by atoms with Crippen molar-refractivity contribution in [3.8, 4) is 0 Å². The number of nitrogens with one attached hydrogen (secondary N) is 3. The van der Waals surface area contributed by atoms with E-state index in [1.165, 1.54) is 0 Å². The molecular weight excluding hydrogens is 232 g/mol. The van der Waals surface area contributed by atoms with Crippen LogP contribution in [0.3, 0.4) is 0 Å². The minimum absolute atomic E-state index is 0.144. The number of H-pyrrole nitrogens is 1. The SMILES string of the molecule is CC(C)Nc1cc(C(=O)NCC2CCCO2)[nH]n1. The first-order valence-electron chi connectivity index (χ1n) is 6.37. The topological polar surface area (TPSA) is 79.0 Å². The number of anilines is 1. The molecule has 1 amide bonds. The second-order valence-corrected chi connectivity index (χ2v) is 4.81. The highest BCUT2D eigenvalue weighted by molar-refractivity contribution is 5.93. The third kappa shape index (κ3) is 3.46. The van der Waals surface area contributed by atoms with Gasteiger partial charge in [0.05, 0.1) is 6.10 Å². The van der Waals surface area contributed by atoms with Crippen LogP contribution in [-0.4, -0.2) is 41.4 Å². The van der Waals surface area contributed by atoms with Crippen LogP contribution >= 0.6 is 0 Å². The van der Waals surface area contributed by atoms with Crippen molar-refractivity contribution >= 4 is 11.7 Å². The molecule has 100 valence electrons. The van der Waals surface area contributed by atoms with E-state index in [9.17, 15) is 4.79 Å². The second kappa shape index (κ2) is 5.86. The highest BCUT2D eigenvalue weighted by Crippen LogP contribution is 2.11. The maximum absolute atomic E-state index is 11.8. The molecular formula is C12H20N4O2. The monoisotopic (exact) mass is 252 g/mol. The van der Waals surface area contributed by atoms with Gasteiger partial charge in [-0.25, -0.2) is 0 Å². The van der Waals surface area contributed by atoms with Crippen LogP contribution in [0, 0.1) is 0 Å². The zero-order valence-electron chi connectivity index (χ0n) is 10.8. The van der Waals surface area contributed by atoms with Crippen molar-refractivity contribution in [1.29, 1.82) is 0 Å². The second-order valence-electron chi connectivity index (χ2n) is 4.81. The standard InChI is InChI=1S/C12H20N4O2/c1-8(2)14-11-6-10(15-16-11)12(17)13-7-9-4-3-5-18-9/h6,8-9H,3-5,7H2,1-2H3,(H,13,17)(H2,14,15,16). The molecule has 1 aromatic rings. The minimum atomic E-state index is -0.144. The van der Waals surface area contributed by atoms with Crippen molar-refractivity contribution in [3.05, 3.63) is 11.8 Å². The lowest BCUT2D eigenvalue weighted by atomic mass is 10.2. The summed E-state index contributed by atoms with van der Waals surface area (Å²) in [4.78, 5) is 11.8. The molecule has 0 saturated carbocycles. The number of aromatic amines is 1. The van der Waals surface area contributed by atoms with Gasteiger partial charge in [-0.1, -0.05) is 0 Å². The van der Waals surface area contributed by atoms with Gasteiger partial charge in [0, 0.05) is 25.3 Å². The summed E-state index contributed by atoms with van der Waals surface area (Å²) < 4.78 is 5.44. The van der Waals surface area contributed by atoms with Crippen LogP contribution in [-0.2, 0) is 4.74 Å². The number of hydrogen-bond donors (Lipinski definition) is 3. The molecule has 2 heterocycles. The van der Waals surface area contributed by atoms with Gasteiger partial charge in [0.25, 0.3) is 5.91 Å². The third-order valence-electron chi connectivity index (χ3n) is 2.77. The van der Waals surface area contributed by atoms with Crippen LogP contribution in [0.15, 0.2) is 6.07 Å². The molecule has 6 nitrogen and oxygen atoms in total. The van der Waals surface area contributed by atoms with Gasteiger partial charge in [0.2, 0.25) is 0 Å². The Morgan fingerprint density at radius 2 is 2.50 bits per heavy atom. The highest BCUT2D eigenvalue weighted by Gasteiger charge is 2.17. The van der Waals surface area contributed by atoms with Crippen LogP contribution in [0.2, 0.25) is 0 Å². The fraction of sp³-hybridized carbons (Fsp3) is 0.667. The lowest BCUT2D eigenvalue weighted by molar-refractivity contribution is 0.0853. The third-order valence-corrected chi connectivity index (χ3v) is 2.77. The molecule has 6 heteroatoms. The number of ether oxygens (including phenoxy) is 1. The first kappa shape index (κ1) is 12.9. The minimum Gasteiger partial charge on any atom is -0.376 e. The summed E-state index contributed by atoms with van der Waals surface area (Å²) in [5, 5.41) is 12.7. The first-order chi connectivity index (χ1) is 8.65. The molecule has 0 aliphatic carbocycles. The highest BCUT2D eigenvalue weighted by atomic mass is 16.5. The van der Waals surface area contributed by atoms with Crippen LogP contribution in [0.25, 0.3) is 0 Å². The van der Waals surface area contributed by atoms with E-state index in [1.807, 2.05) is 13.8 Å². The average Bonchev–Trinajstić information content (AvgIpc) is 2.95. The van der Waals surface area contributed by atoms with Gasteiger partial charge in [0.1, 0.15) is 11.5 Å². The lowest BCUT2D eigenvalue weighted by Crippen LogP contribution is -2.31. The average molecular weight is 252 g/mol. The van der Waals surface area contributed by atoms with E-state index < -0.39 is 0 Å². The van der Waals surface area contributed by atoms with Crippen LogP contribution < -0.4 is 10.6 Å². The van der Waals surface area contributed by atoms with Crippen molar-refractivity contribution in [1.82, 2.24) is 15.5 Å². The van der Waals surface area contributed by atoms with E-state index in [0.717, 1.165) is 19.4 Å². The predicted molar refractivity (Wildman–Crippen MR) is 68.7 cm³/mol. The maximum atomic E-state index is 11.8. The van der Waals surface area contributed by atoms with Gasteiger partial charge in [-0.15, -0.1) is 0 Å². The van der Waals surface area contributed by atoms with Crippen molar-refractivity contribution in [2.45, 2.75) is 38.8 Å². The Bertz CT molecular complexity index is 397. The van der Waals surface area contributed by atoms with Gasteiger partial charge in [-0.2, -0.15) is 5.10 Å². The summed E-state index contributed by atoms with van der Waals surface area (Å²) in [6.07, 6.45) is 2.25. The number of carbonyl (C=O) groups excluding carboxylic acids is 1. The molecule has 1 aliphatic rings. The van der Waals surface area contributed by atoms with Crippen molar-refractivity contribution < 1.29 is 9.53 Å². The van der Waals surface area contributed by atoms with Gasteiger partial charge in [0.15, 0.2) is 0 Å². The molecule has 1 unspecified atom stereocenters. The summed E-state index contributed by atoms with van der Waals surface area (Å²) in [5.41, 5.74) is 0.469. The van der Waals surface area contributed by atoms with Crippen molar-refractivity contribution in [3.63, 3.8) is 0 Å². The first-order valence-corrected chi connectivity index (χ1v) is 6.37. The lowest BCUT2D eigenvalue weighted by Gasteiger charge is -2.09. The summed E-state index contributed by atoms with van der Waals surface area (Å²) in [6.45, 7) is 5.40. The quantitative estimate of drug-likeness (QED) is 0.734. The number of hydrogen-bond acceptors (Lipinski definition) is 4. The fourth-order valence-electron chi connectivity index (χ4n) is 1.91. The van der Waals surface area contributed by atoms with E-state index in [-0.39, 0.29) is 18.1 Å². The van der Waals surface area contributed by atoms with Gasteiger partial charge < -0.3 is 15.4 Å². The van der Waals surface area contributed by atoms with E-state index in [1.54, 1.807) is 6.07 Å². The Balaban J connectivity index is 1.82. The summed E-state index contributed by atoms with van der Waals surface area (Å²) in [7, 11) is 0. The Morgan fingerprint density at radius 3 is 3.17 bits per heavy atom. The number of carbonyl (C=O) groups is 1. The Hall–Kier alpha value is -1.56. The van der Waals surface area contributed by atoms with Crippen LogP contribution in [0.1, 0.15) is 37.2 Å². The number of amides is 1. The van der Waals surface area contributed by atoms with Gasteiger partial charge in [-0.05, 0) is 26.7 Å². The van der Waals surface area contributed by atoms with Crippen LogP contribution in [0.5, 0.6) is 0 Å². The number of rotatable bonds is 5. The fourth-order valence-corrected chi connectivity index (χ4v) is 1.91. The van der Waals surface area contributed by atoms with Gasteiger partial charge >= 0.3 is 0 Å². The molecule has 1 aliphatic heterocycles. The Labute approximate surface area is 106 Å². The molecule has 18 heavy (non-hydrogen) atoms. The summed E-state index contributed by atoms with van der Waals surface area (Å²) in [5.74, 6) is 0.544. The summed E-state index contributed by atoms with van der Waals surface area (Å²) in [6, 6.07) is 2.00. The van der Waals surface area contributed by atoms with E-state index in [2.05, 4.69) is 20.8 Å². The normalized spacial score (nSPS) is 19.2. The molecule has 0 radical (unpaired) electrons. The van der Waals surface area contributed by atoms with Crippen LogP contribution in [0.4, 0.5) is 5.82 Å². The molecule has 1 aromatic heterocycles. The maximum Gasteiger partial charge on any atom is 0.269 e.